The number of amides is 1. The summed E-state index contributed by atoms with van der Waals surface area (Å²) >= 11 is 0. The van der Waals surface area contributed by atoms with E-state index in [2.05, 4.69) is 5.32 Å². The minimum atomic E-state index is -1.15. The normalized spacial score (nSPS) is 20.6. The molecule has 1 heterocycles. The Hall–Kier alpha value is -2.40. The molecule has 4 nitrogen and oxygen atoms in total. The topological polar surface area (TPSA) is 64.4 Å². The van der Waals surface area contributed by atoms with E-state index < -0.39 is 11.4 Å². The lowest BCUT2D eigenvalue weighted by molar-refractivity contribution is -0.125. The largest absolute Gasteiger partial charge is 0.373 e. The van der Waals surface area contributed by atoms with E-state index in [0.717, 1.165) is 11.1 Å². The molecule has 1 atom stereocenters. The summed E-state index contributed by atoms with van der Waals surface area (Å²) in [6.45, 7) is 0.576. The summed E-state index contributed by atoms with van der Waals surface area (Å²) in [6.07, 6.45) is 0. The molecule has 1 amide bonds. The van der Waals surface area contributed by atoms with Crippen molar-refractivity contribution in [3.63, 3.8) is 0 Å². The highest BCUT2D eigenvalue weighted by Gasteiger charge is 2.43. The second-order valence-electron chi connectivity index (χ2n) is 5.05. The first kappa shape index (κ1) is 13.6. The van der Waals surface area contributed by atoms with Gasteiger partial charge in [0, 0.05) is 5.69 Å². The van der Waals surface area contributed by atoms with Gasteiger partial charge in [-0.2, -0.15) is 0 Å². The monoisotopic (exact) mass is 286 g/mol. The quantitative estimate of drug-likeness (QED) is 0.908. The van der Waals surface area contributed by atoms with E-state index >= 15 is 0 Å². The van der Waals surface area contributed by atoms with Gasteiger partial charge in [-0.15, -0.1) is 0 Å². The van der Waals surface area contributed by atoms with Crippen LogP contribution in [0.1, 0.15) is 11.1 Å². The Morgan fingerprint density at radius 1 is 1.19 bits per heavy atom. The van der Waals surface area contributed by atoms with Crippen LogP contribution in [0.2, 0.25) is 0 Å². The Balaban J connectivity index is 2.05. The van der Waals surface area contributed by atoms with Gasteiger partial charge in [-0.25, -0.2) is 4.39 Å². The molecule has 2 aromatic rings. The van der Waals surface area contributed by atoms with E-state index in [1.165, 1.54) is 12.1 Å². The number of nitrogens with one attached hydrogen (secondary N) is 1. The molecule has 0 aliphatic carbocycles. The molecule has 1 aliphatic rings. The van der Waals surface area contributed by atoms with E-state index in [1.54, 1.807) is 12.1 Å². The molecule has 5 heteroatoms. The van der Waals surface area contributed by atoms with Crippen LogP contribution in [0.4, 0.5) is 10.1 Å². The Morgan fingerprint density at radius 3 is 2.62 bits per heavy atom. The van der Waals surface area contributed by atoms with Crippen LogP contribution >= 0.6 is 0 Å². The lowest BCUT2D eigenvalue weighted by Gasteiger charge is -2.37. The second-order valence-corrected chi connectivity index (χ2v) is 5.05. The molecular weight excluding hydrogens is 271 g/mol. The summed E-state index contributed by atoms with van der Waals surface area (Å²) in [5.41, 5.74) is 6.81. The van der Waals surface area contributed by atoms with E-state index in [9.17, 15) is 9.18 Å². The summed E-state index contributed by atoms with van der Waals surface area (Å²) in [4.78, 5) is 12.1. The maximum Gasteiger partial charge on any atom is 0.250 e. The van der Waals surface area contributed by atoms with Gasteiger partial charge in [-0.3, -0.25) is 4.79 Å². The van der Waals surface area contributed by atoms with Gasteiger partial charge in [0.25, 0.3) is 0 Å². The van der Waals surface area contributed by atoms with E-state index in [-0.39, 0.29) is 12.4 Å². The Morgan fingerprint density at radius 2 is 1.90 bits per heavy atom. The minimum Gasteiger partial charge on any atom is -0.373 e. The lowest BCUT2D eigenvalue weighted by atomic mass is 9.84. The molecule has 1 unspecified atom stereocenters. The van der Waals surface area contributed by atoms with E-state index in [1.807, 2.05) is 24.3 Å². The summed E-state index contributed by atoms with van der Waals surface area (Å²) in [5.74, 6) is -0.868. The van der Waals surface area contributed by atoms with Crippen molar-refractivity contribution >= 4 is 11.6 Å². The van der Waals surface area contributed by atoms with Crippen molar-refractivity contribution in [1.82, 2.24) is 0 Å². The first-order valence-corrected chi connectivity index (χ1v) is 6.61. The fourth-order valence-corrected chi connectivity index (χ4v) is 2.60. The van der Waals surface area contributed by atoms with Gasteiger partial charge in [0.2, 0.25) is 5.91 Å². The molecule has 1 aliphatic heterocycles. The first-order valence-electron chi connectivity index (χ1n) is 6.61. The van der Waals surface area contributed by atoms with Crippen LogP contribution < -0.4 is 11.1 Å². The Kier molecular flexibility index (Phi) is 3.35. The van der Waals surface area contributed by atoms with Crippen molar-refractivity contribution in [3.8, 4) is 0 Å². The zero-order valence-corrected chi connectivity index (χ0v) is 11.3. The number of anilines is 1. The van der Waals surface area contributed by atoms with Gasteiger partial charge >= 0.3 is 0 Å². The molecule has 0 radical (unpaired) electrons. The Bertz CT molecular complexity index is 672. The first-order chi connectivity index (χ1) is 10.1. The van der Waals surface area contributed by atoms with Crippen LogP contribution in [0.3, 0.4) is 0 Å². The van der Waals surface area contributed by atoms with E-state index in [0.29, 0.717) is 12.3 Å². The minimum absolute atomic E-state index is 0.136. The number of ether oxygens (including phenoxy) is 1. The van der Waals surface area contributed by atoms with Gasteiger partial charge in [0.15, 0.2) is 5.54 Å². The van der Waals surface area contributed by atoms with Gasteiger partial charge in [-0.05, 0) is 35.4 Å². The molecule has 3 N–H and O–H groups in total. The summed E-state index contributed by atoms with van der Waals surface area (Å²) in [6, 6.07) is 13.3. The third-order valence-electron chi connectivity index (χ3n) is 3.68. The summed E-state index contributed by atoms with van der Waals surface area (Å²) in [5, 5.41) is 3.11. The van der Waals surface area contributed by atoms with Crippen molar-refractivity contribution < 1.29 is 13.9 Å². The number of nitrogens with two attached hydrogens (primary N) is 1. The van der Waals surface area contributed by atoms with Gasteiger partial charge in [0.1, 0.15) is 5.82 Å². The average molecular weight is 286 g/mol. The molecule has 2 aromatic carbocycles. The molecule has 0 saturated carbocycles. The molecular formula is C16H15FN2O2. The SMILES string of the molecule is NC(=O)C1(Nc2ccc(F)cc2)COCc2ccccc21. The van der Waals surface area contributed by atoms with Crippen molar-refractivity contribution in [1.29, 1.82) is 0 Å². The third kappa shape index (κ3) is 2.36. The average Bonchev–Trinajstić information content (AvgIpc) is 2.50. The number of primary amides is 1. The molecule has 0 bridgehead atoms. The number of hydrogen-bond acceptors (Lipinski definition) is 3. The van der Waals surface area contributed by atoms with Gasteiger partial charge < -0.3 is 15.8 Å². The van der Waals surface area contributed by atoms with E-state index in [4.69, 9.17) is 10.5 Å². The van der Waals surface area contributed by atoms with Crippen LogP contribution in [0.5, 0.6) is 0 Å². The lowest BCUT2D eigenvalue weighted by Crippen LogP contribution is -2.53. The predicted octanol–water partition coefficient (Wildman–Crippen LogP) is 2.15. The zero-order valence-electron chi connectivity index (χ0n) is 11.3. The molecule has 0 fully saturated rings. The molecule has 108 valence electrons. The zero-order chi connectivity index (χ0) is 14.9. The van der Waals surface area contributed by atoms with Crippen LogP contribution in [-0.4, -0.2) is 12.5 Å². The number of halogens is 1. The number of carbonyl (C=O) groups excluding carboxylic acids is 1. The number of rotatable bonds is 3. The molecule has 0 spiro atoms. The van der Waals surface area contributed by atoms with Crippen molar-refractivity contribution in [3.05, 3.63) is 65.5 Å². The summed E-state index contributed by atoms with van der Waals surface area (Å²) in [7, 11) is 0. The summed E-state index contributed by atoms with van der Waals surface area (Å²) < 4.78 is 18.5. The number of benzene rings is 2. The van der Waals surface area contributed by atoms with Crippen LogP contribution in [0.25, 0.3) is 0 Å². The highest BCUT2D eigenvalue weighted by Crippen LogP contribution is 2.33. The molecule has 0 saturated heterocycles. The fraction of sp³-hybridized carbons (Fsp3) is 0.188. The third-order valence-corrected chi connectivity index (χ3v) is 3.68. The van der Waals surface area contributed by atoms with Crippen LogP contribution in [0, 0.1) is 5.82 Å². The van der Waals surface area contributed by atoms with Crippen LogP contribution in [0.15, 0.2) is 48.5 Å². The highest BCUT2D eigenvalue weighted by molar-refractivity contribution is 5.90. The molecule has 3 rings (SSSR count). The van der Waals surface area contributed by atoms with Crippen molar-refractivity contribution in [2.45, 2.75) is 12.1 Å². The fourth-order valence-electron chi connectivity index (χ4n) is 2.60. The van der Waals surface area contributed by atoms with Crippen molar-refractivity contribution in [2.24, 2.45) is 5.73 Å². The maximum atomic E-state index is 13.0. The number of carbonyl (C=O) groups is 1. The molecule has 21 heavy (non-hydrogen) atoms. The van der Waals surface area contributed by atoms with Gasteiger partial charge in [0.05, 0.1) is 13.2 Å². The standard InChI is InChI=1S/C16H15FN2O2/c17-12-5-7-13(8-6-12)19-16(15(18)20)10-21-9-11-3-1-2-4-14(11)16/h1-8,19H,9-10H2,(H2,18,20). The number of fused-ring (bicyclic) bond motifs is 1. The number of hydrogen-bond donors (Lipinski definition) is 2. The van der Waals surface area contributed by atoms with Gasteiger partial charge in [-0.1, -0.05) is 24.3 Å². The smallest absolute Gasteiger partial charge is 0.250 e. The second kappa shape index (κ2) is 5.18. The maximum absolute atomic E-state index is 13.0. The Labute approximate surface area is 121 Å². The molecule has 0 aromatic heterocycles. The highest BCUT2D eigenvalue weighted by atomic mass is 19.1. The van der Waals surface area contributed by atoms with Crippen LogP contribution in [-0.2, 0) is 21.7 Å². The predicted molar refractivity (Wildman–Crippen MR) is 77.0 cm³/mol. The van der Waals surface area contributed by atoms with Crippen molar-refractivity contribution in [2.75, 3.05) is 11.9 Å².